The number of rotatable bonds is 8. The molecule has 112 valence electrons. The summed E-state index contributed by atoms with van der Waals surface area (Å²) in [5.74, 6) is 0.291. The molecule has 2 nitrogen and oxygen atoms in total. The minimum atomic E-state index is 0.291. The Morgan fingerprint density at radius 1 is 0.762 bits per heavy atom. The highest BCUT2D eigenvalue weighted by atomic mass is 16.3. The molecule has 0 spiro atoms. The van der Waals surface area contributed by atoms with E-state index in [0.29, 0.717) is 5.75 Å². The summed E-state index contributed by atoms with van der Waals surface area (Å²) in [6.07, 6.45) is 7.80. The Morgan fingerprint density at radius 2 is 1.33 bits per heavy atom. The third-order valence-corrected chi connectivity index (χ3v) is 3.68. The molecule has 0 bridgehead atoms. The molecule has 2 N–H and O–H groups in total. The van der Waals surface area contributed by atoms with Gasteiger partial charge in [-0.3, -0.25) is 0 Å². The van der Waals surface area contributed by atoms with Crippen molar-refractivity contribution in [2.24, 2.45) is 0 Å². The van der Waals surface area contributed by atoms with Crippen LogP contribution in [0.25, 0.3) is 0 Å². The molecule has 0 atom stereocenters. The molecule has 21 heavy (non-hydrogen) atoms. The molecule has 2 rings (SSSR count). The molecule has 0 amide bonds. The first kappa shape index (κ1) is 15.4. The van der Waals surface area contributed by atoms with Gasteiger partial charge in [0.15, 0.2) is 0 Å². The normalized spacial score (nSPS) is 10.5. The van der Waals surface area contributed by atoms with Crippen LogP contribution in [0.15, 0.2) is 48.5 Å². The zero-order chi connectivity index (χ0) is 14.9. The van der Waals surface area contributed by atoms with Gasteiger partial charge in [-0.25, -0.2) is 0 Å². The summed E-state index contributed by atoms with van der Waals surface area (Å²) in [4.78, 5) is 0. The van der Waals surface area contributed by atoms with E-state index >= 15 is 0 Å². The van der Waals surface area contributed by atoms with E-state index in [4.69, 9.17) is 0 Å². The van der Waals surface area contributed by atoms with Crippen molar-refractivity contribution in [3.63, 3.8) is 0 Å². The Labute approximate surface area is 127 Å². The molecule has 2 aromatic rings. The first-order valence-electron chi connectivity index (χ1n) is 7.93. The molecule has 0 aliphatic heterocycles. The van der Waals surface area contributed by atoms with Gasteiger partial charge in [0.05, 0.1) is 0 Å². The maximum atomic E-state index is 9.27. The van der Waals surface area contributed by atoms with Crippen LogP contribution >= 0.6 is 0 Å². The van der Waals surface area contributed by atoms with Gasteiger partial charge >= 0.3 is 0 Å². The minimum Gasteiger partial charge on any atom is -0.508 e. The lowest BCUT2D eigenvalue weighted by molar-refractivity contribution is 0.475. The first-order chi connectivity index (χ1) is 10.3. The number of nitrogens with one attached hydrogen (secondary N) is 1. The van der Waals surface area contributed by atoms with Gasteiger partial charge in [-0.1, -0.05) is 44.7 Å². The third-order valence-electron chi connectivity index (χ3n) is 3.68. The van der Waals surface area contributed by atoms with Crippen LogP contribution in [0.3, 0.4) is 0 Å². The highest BCUT2D eigenvalue weighted by Crippen LogP contribution is 2.20. The largest absolute Gasteiger partial charge is 0.508 e. The predicted molar refractivity (Wildman–Crippen MR) is 90.3 cm³/mol. The van der Waals surface area contributed by atoms with E-state index in [2.05, 4.69) is 36.5 Å². The van der Waals surface area contributed by atoms with Crippen LogP contribution in [0.5, 0.6) is 5.75 Å². The van der Waals surface area contributed by atoms with Crippen molar-refractivity contribution in [2.45, 2.75) is 45.4 Å². The Balaban J connectivity index is 1.80. The number of unbranched alkanes of at least 4 members (excludes halogenated alkanes) is 4. The average molecular weight is 283 g/mol. The molecule has 0 saturated carbocycles. The van der Waals surface area contributed by atoms with Crippen molar-refractivity contribution in [2.75, 3.05) is 5.32 Å². The summed E-state index contributed by atoms with van der Waals surface area (Å²) < 4.78 is 0. The second kappa shape index (κ2) is 8.35. The van der Waals surface area contributed by atoms with Gasteiger partial charge in [0.1, 0.15) is 5.75 Å². The van der Waals surface area contributed by atoms with Crippen LogP contribution < -0.4 is 5.32 Å². The Kier molecular flexibility index (Phi) is 6.14. The monoisotopic (exact) mass is 283 g/mol. The summed E-state index contributed by atoms with van der Waals surface area (Å²) >= 11 is 0. The van der Waals surface area contributed by atoms with Crippen molar-refractivity contribution in [1.82, 2.24) is 0 Å². The average Bonchev–Trinajstić information content (AvgIpc) is 2.51. The number of phenols is 1. The molecule has 0 aromatic heterocycles. The lowest BCUT2D eigenvalue weighted by Crippen LogP contribution is -1.91. The topological polar surface area (TPSA) is 32.3 Å². The summed E-state index contributed by atoms with van der Waals surface area (Å²) in [7, 11) is 0. The lowest BCUT2D eigenvalue weighted by Gasteiger charge is -2.08. The molecule has 0 radical (unpaired) electrons. The van der Waals surface area contributed by atoms with Crippen molar-refractivity contribution in [3.05, 3.63) is 54.1 Å². The van der Waals surface area contributed by atoms with E-state index < -0.39 is 0 Å². The van der Waals surface area contributed by atoms with Crippen LogP contribution in [-0.2, 0) is 6.42 Å². The smallest absolute Gasteiger partial charge is 0.115 e. The highest BCUT2D eigenvalue weighted by Gasteiger charge is 1.97. The number of aromatic hydroxyl groups is 1. The molecular weight excluding hydrogens is 258 g/mol. The second-order valence-electron chi connectivity index (χ2n) is 5.53. The van der Waals surface area contributed by atoms with Gasteiger partial charge in [0.2, 0.25) is 0 Å². The van der Waals surface area contributed by atoms with Crippen molar-refractivity contribution >= 4 is 11.4 Å². The van der Waals surface area contributed by atoms with Gasteiger partial charge < -0.3 is 10.4 Å². The SMILES string of the molecule is CCCCCCCc1ccc(Nc2ccc(O)cc2)cc1. The Morgan fingerprint density at radius 3 is 1.95 bits per heavy atom. The zero-order valence-electron chi connectivity index (χ0n) is 12.8. The fourth-order valence-corrected chi connectivity index (χ4v) is 2.40. The van der Waals surface area contributed by atoms with E-state index in [0.717, 1.165) is 11.4 Å². The Bertz CT molecular complexity index is 516. The molecule has 0 aliphatic carbocycles. The maximum absolute atomic E-state index is 9.27. The van der Waals surface area contributed by atoms with Crippen molar-refractivity contribution < 1.29 is 5.11 Å². The molecule has 0 unspecified atom stereocenters. The molecule has 2 heteroatoms. The number of phenolic OH excluding ortho intramolecular Hbond substituents is 1. The van der Waals surface area contributed by atoms with Crippen LogP contribution in [0.2, 0.25) is 0 Å². The summed E-state index contributed by atoms with van der Waals surface area (Å²) in [6, 6.07) is 15.8. The quantitative estimate of drug-likeness (QED) is 0.484. The number of benzene rings is 2. The van der Waals surface area contributed by atoms with E-state index in [1.165, 1.54) is 44.1 Å². The van der Waals surface area contributed by atoms with Crippen molar-refractivity contribution in [1.29, 1.82) is 0 Å². The van der Waals surface area contributed by atoms with E-state index in [-0.39, 0.29) is 0 Å². The first-order valence-corrected chi connectivity index (χ1v) is 7.93. The second-order valence-corrected chi connectivity index (χ2v) is 5.53. The van der Waals surface area contributed by atoms with Gasteiger partial charge in [0.25, 0.3) is 0 Å². The number of hydrogen-bond donors (Lipinski definition) is 2. The van der Waals surface area contributed by atoms with Gasteiger partial charge in [-0.2, -0.15) is 0 Å². The highest BCUT2D eigenvalue weighted by molar-refractivity contribution is 5.60. The molecule has 0 heterocycles. The van der Waals surface area contributed by atoms with E-state index in [1.54, 1.807) is 12.1 Å². The Hall–Kier alpha value is -1.96. The number of hydrogen-bond acceptors (Lipinski definition) is 2. The van der Waals surface area contributed by atoms with Crippen LogP contribution in [-0.4, -0.2) is 5.11 Å². The molecule has 2 aromatic carbocycles. The van der Waals surface area contributed by atoms with E-state index in [9.17, 15) is 5.11 Å². The fourth-order valence-electron chi connectivity index (χ4n) is 2.40. The lowest BCUT2D eigenvalue weighted by atomic mass is 10.1. The third kappa shape index (κ3) is 5.50. The minimum absolute atomic E-state index is 0.291. The summed E-state index contributed by atoms with van der Waals surface area (Å²) in [5, 5.41) is 12.6. The van der Waals surface area contributed by atoms with Crippen LogP contribution in [0.4, 0.5) is 11.4 Å². The predicted octanol–water partition coefficient (Wildman–Crippen LogP) is 5.65. The molecule has 0 fully saturated rings. The van der Waals surface area contributed by atoms with E-state index in [1.807, 2.05) is 12.1 Å². The van der Waals surface area contributed by atoms with Gasteiger partial charge in [0, 0.05) is 11.4 Å². The molecule has 0 aliphatic rings. The van der Waals surface area contributed by atoms with Crippen molar-refractivity contribution in [3.8, 4) is 5.75 Å². The number of aryl methyl sites for hydroxylation is 1. The molecular formula is C19H25NO. The van der Waals surface area contributed by atoms with Gasteiger partial charge in [-0.05, 0) is 54.8 Å². The van der Waals surface area contributed by atoms with Gasteiger partial charge in [-0.15, -0.1) is 0 Å². The fraction of sp³-hybridized carbons (Fsp3) is 0.368. The van der Waals surface area contributed by atoms with Crippen LogP contribution in [0.1, 0.15) is 44.6 Å². The maximum Gasteiger partial charge on any atom is 0.115 e. The standard InChI is InChI=1S/C19H25NO/c1-2-3-4-5-6-7-16-8-10-17(11-9-16)20-18-12-14-19(21)15-13-18/h8-15,20-21H,2-7H2,1H3. The summed E-state index contributed by atoms with van der Waals surface area (Å²) in [5.41, 5.74) is 3.47. The molecule has 0 saturated heterocycles. The summed E-state index contributed by atoms with van der Waals surface area (Å²) in [6.45, 7) is 2.25. The number of anilines is 2. The van der Waals surface area contributed by atoms with Crippen LogP contribution in [0, 0.1) is 0 Å². The zero-order valence-corrected chi connectivity index (χ0v) is 12.8.